The summed E-state index contributed by atoms with van der Waals surface area (Å²) in [6.07, 6.45) is -2.52. The van der Waals surface area contributed by atoms with Crippen molar-refractivity contribution in [2.75, 3.05) is 6.61 Å². The van der Waals surface area contributed by atoms with Crippen LogP contribution in [0.2, 0.25) is 0 Å². The number of rotatable bonds is 3. The topological polar surface area (TPSA) is 71.1 Å². The van der Waals surface area contributed by atoms with Crippen LogP contribution < -0.4 is 4.74 Å². The number of hydrogen-bond donors (Lipinski definition) is 0. The predicted octanol–water partition coefficient (Wildman–Crippen LogP) is 4.80. The van der Waals surface area contributed by atoms with Crippen LogP contribution in [0.25, 0.3) is 0 Å². The van der Waals surface area contributed by atoms with Crippen molar-refractivity contribution in [2.24, 2.45) is 5.41 Å². The summed E-state index contributed by atoms with van der Waals surface area (Å²) in [5, 5.41) is 0. The maximum Gasteiger partial charge on any atom is 0.514 e. The van der Waals surface area contributed by atoms with Crippen molar-refractivity contribution >= 4 is 12.3 Å². The van der Waals surface area contributed by atoms with E-state index >= 15 is 0 Å². The number of carbonyl (C=O) groups is 2. The van der Waals surface area contributed by atoms with Crippen LogP contribution in [-0.4, -0.2) is 30.1 Å². The van der Waals surface area contributed by atoms with Gasteiger partial charge in [-0.15, -0.1) is 0 Å². The number of hydrogen-bond acceptors (Lipinski definition) is 6. The van der Waals surface area contributed by atoms with Crippen molar-refractivity contribution in [1.82, 2.24) is 0 Å². The van der Waals surface area contributed by atoms with E-state index in [2.05, 4.69) is 4.74 Å². The number of ether oxygens (including phenoxy) is 4. The van der Waals surface area contributed by atoms with Gasteiger partial charge in [0.25, 0.3) is 0 Å². The van der Waals surface area contributed by atoms with Gasteiger partial charge in [0.2, 0.25) is 17.4 Å². The molecule has 1 heterocycles. The second-order valence-corrected chi connectivity index (χ2v) is 7.66. The van der Waals surface area contributed by atoms with Gasteiger partial charge in [-0.05, 0) is 41.5 Å². The summed E-state index contributed by atoms with van der Waals surface area (Å²) < 4.78 is 74.4. The molecule has 0 aliphatic carbocycles. The van der Waals surface area contributed by atoms with E-state index in [0.29, 0.717) is 0 Å². The average Bonchev–Trinajstić information content (AvgIpc) is 2.57. The van der Waals surface area contributed by atoms with Crippen LogP contribution in [0, 0.1) is 35.6 Å². The molecule has 1 saturated heterocycles. The minimum absolute atomic E-state index is 0.459. The number of halogens is 4. The van der Waals surface area contributed by atoms with Crippen molar-refractivity contribution in [3.63, 3.8) is 0 Å². The Morgan fingerprint density at radius 3 is 1.75 bits per heavy atom. The van der Waals surface area contributed by atoms with E-state index in [4.69, 9.17) is 14.2 Å². The maximum atomic E-state index is 13.8. The molecule has 0 N–H and O–H groups in total. The fourth-order valence-electron chi connectivity index (χ4n) is 2.86. The Kier molecular flexibility index (Phi) is 5.31. The van der Waals surface area contributed by atoms with Crippen molar-refractivity contribution in [3.05, 3.63) is 28.8 Å². The minimum Gasteiger partial charge on any atom is -0.433 e. The molecule has 1 fully saturated rings. The molecule has 156 valence electrons. The van der Waals surface area contributed by atoms with Gasteiger partial charge in [0.1, 0.15) is 17.8 Å². The molecule has 0 unspecified atom stereocenters. The van der Waals surface area contributed by atoms with E-state index in [-0.39, 0.29) is 0 Å². The highest BCUT2D eigenvalue weighted by molar-refractivity contribution is 5.65. The maximum absolute atomic E-state index is 13.8. The van der Waals surface area contributed by atoms with Gasteiger partial charge in [0.15, 0.2) is 11.6 Å². The van der Waals surface area contributed by atoms with E-state index in [0.717, 1.165) is 6.92 Å². The molecule has 0 radical (unpaired) electrons. The molecule has 2 rings (SSSR count). The van der Waals surface area contributed by atoms with Crippen molar-refractivity contribution in [1.29, 1.82) is 0 Å². The second-order valence-electron chi connectivity index (χ2n) is 7.66. The molecule has 1 aliphatic rings. The largest absolute Gasteiger partial charge is 0.514 e. The summed E-state index contributed by atoms with van der Waals surface area (Å²) in [6, 6.07) is 0. The molecule has 0 atom stereocenters. The molecule has 0 saturated carbocycles. The zero-order valence-electron chi connectivity index (χ0n) is 16.2. The lowest BCUT2D eigenvalue weighted by atomic mass is 9.64. The average molecular weight is 408 g/mol. The molecule has 28 heavy (non-hydrogen) atoms. The molecule has 0 spiro atoms. The first-order chi connectivity index (χ1) is 12.6. The predicted molar refractivity (Wildman–Crippen MR) is 86.8 cm³/mol. The normalized spacial score (nSPS) is 19.4. The summed E-state index contributed by atoms with van der Waals surface area (Å²) in [7, 11) is 0. The van der Waals surface area contributed by atoms with Crippen LogP contribution in [0.4, 0.5) is 27.2 Å². The highest BCUT2D eigenvalue weighted by Crippen LogP contribution is 2.49. The van der Waals surface area contributed by atoms with E-state index in [1.165, 1.54) is 0 Å². The summed E-state index contributed by atoms with van der Waals surface area (Å²) in [5.74, 6) is -8.67. The van der Waals surface area contributed by atoms with Gasteiger partial charge in [-0.2, -0.15) is 8.78 Å². The molecule has 1 aromatic rings. The smallest absolute Gasteiger partial charge is 0.433 e. The third kappa shape index (κ3) is 3.35. The Bertz CT molecular complexity index is 785. The van der Waals surface area contributed by atoms with Gasteiger partial charge < -0.3 is 18.9 Å². The van der Waals surface area contributed by atoms with Crippen LogP contribution in [0.5, 0.6) is 5.75 Å². The van der Waals surface area contributed by atoms with Crippen LogP contribution in [-0.2, 0) is 14.2 Å². The highest BCUT2D eigenvalue weighted by Gasteiger charge is 2.61. The Labute approximate surface area is 158 Å². The van der Waals surface area contributed by atoms with Gasteiger partial charge in [-0.3, -0.25) is 0 Å². The van der Waals surface area contributed by atoms with Crippen molar-refractivity contribution < 1.29 is 46.1 Å². The van der Waals surface area contributed by atoms with E-state index in [1.54, 1.807) is 34.6 Å². The molecule has 0 amide bonds. The molecule has 1 aliphatic heterocycles. The minimum atomic E-state index is -1.87. The first-order valence-corrected chi connectivity index (χ1v) is 8.24. The Balaban J connectivity index is 2.22. The molecule has 1 aromatic carbocycles. The zero-order valence-corrected chi connectivity index (χ0v) is 16.2. The highest BCUT2D eigenvalue weighted by atomic mass is 19.2. The van der Waals surface area contributed by atoms with Crippen molar-refractivity contribution in [3.8, 4) is 5.75 Å². The second kappa shape index (κ2) is 6.82. The quantitative estimate of drug-likeness (QED) is 0.310. The fourth-order valence-corrected chi connectivity index (χ4v) is 2.86. The van der Waals surface area contributed by atoms with Crippen LogP contribution in [0.1, 0.15) is 40.2 Å². The summed E-state index contributed by atoms with van der Waals surface area (Å²) >= 11 is 0. The lowest BCUT2D eigenvalue weighted by Gasteiger charge is -2.54. The third-order valence-electron chi connectivity index (χ3n) is 5.44. The molecule has 0 bridgehead atoms. The first kappa shape index (κ1) is 21.8. The van der Waals surface area contributed by atoms with Crippen LogP contribution in [0.15, 0.2) is 0 Å². The summed E-state index contributed by atoms with van der Waals surface area (Å²) in [4.78, 5) is 23.5. The molecular formula is C18H20F4O6. The van der Waals surface area contributed by atoms with E-state index in [9.17, 15) is 27.2 Å². The van der Waals surface area contributed by atoms with Gasteiger partial charge in [0, 0.05) is 5.56 Å². The Morgan fingerprint density at radius 2 is 1.32 bits per heavy atom. The molecule has 10 heteroatoms. The van der Waals surface area contributed by atoms with Crippen molar-refractivity contribution in [2.45, 2.75) is 52.7 Å². The zero-order chi connectivity index (χ0) is 21.7. The van der Waals surface area contributed by atoms with Gasteiger partial charge in [-0.25, -0.2) is 18.4 Å². The van der Waals surface area contributed by atoms with Crippen LogP contribution >= 0.6 is 0 Å². The van der Waals surface area contributed by atoms with E-state index in [1.807, 2.05) is 0 Å². The number of cyclic esters (lactones) is 2. The standard InChI is InChI=1S/C18H20F4O6/c1-8-9(19)11(21)13(12(22)10(8)20)26-14(23)25-7-18(6)16(2,3)27-15(24)28-17(18,4)5/h7H2,1-6H3. The summed E-state index contributed by atoms with van der Waals surface area (Å²) in [5.41, 5.74) is -4.34. The Hall–Kier alpha value is -2.52. The lowest BCUT2D eigenvalue weighted by Crippen LogP contribution is -2.65. The lowest BCUT2D eigenvalue weighted by molar-refractivity contribution is -0.238. The molecule has 6 nitrogen and oxygen atoms in total. The summed E-state index contributed by atoms with van der Waals surface area (Å²) in [6.45, 7) is 8.22. The Morgan fingerprint density at radius 1 is 0.893 bits per heavy atom. The number of benzene rings is 1. The van der Waals surface area contributed by atoms with Gasteiger partial charge in [-0.1, -0.05) is 0 Å². The fraction of sp³-hybridized carbons (Fsp3) is 0.556. The van der Waals surface area contributed by atoms with Crippen LogP contribution in [0.3, 0.4) is 0 Å². The monoisotopic (exact) mass is 408 g/mol. The molecule has 0 aromatic heterocycles. The van der Waals surface area contributed by atoms with Gasteiger partial charge >= 0.3 is 12.3 Å². The number of carbonyl (C=O) groups excluding carboxylic acids is 2. The first-order valence-electron chi connectivity index (χ1n) is 8.24. The SMILES string of the molecule is Cc1c(F)c(F)c(OC(=O)OCC2(C)C(C)(C)OC(=O)OC2(C)C)c(F)c1F. The van der Waals surface area contributed by atoms with E-state index < -0.39 is 70.1 Å². The third-order valence-corrected chi connectivity index (χ3v) is 5.44. The molecular weight excluding hydrogens is 388 g/mol. The van der Waals surface area contributed by atoms with Gasteiger partial charge in [0.05, 0.1) is 5.41 Å².